The zero-order valence-electron chi connectivity index (χ0n) is 10.4. The van der Waals surface area contributed by atoms with Crippen LogP contribution in [0.1, 0.15) is 20.8 Å². The number of amides is 1. The molecule has 20 heavy (non-hydrogen) atoms. The van der Waals surface area contributed by atoms with Crippen LogP contribution in [0.3, 0.4) is 0 Å². The Morgan fingerprint density at radius 1 is 1.25 bits per heavy atom. The zero-order valence-corrected chi connectivity index (χ0v) is 13.5. The van der Waals surface area contributed by atoms with Crippen molar-refractivity contribution in [2.45, 2.75) is 0 Å². The Bertz CT molecular complexity index is 695. The molecular weight excluding hydrogens is 392 g/mol. The van der Waals surface area contributed by atoms with Gasteiger partial charge in [-0.15, -0.1) is 0 Å². The molecule has 2 rings (SSSR count). The second kappa shape index (κ2) is 5.80. The number of aromatic nitrogens is 1. The van der Waals surface area contributed by atoms with E-state index in [2.05, 4.69) is 37.2 Å². The summed E-state index contributed by atoms with van der Waals surface area (Å²) < 4.78 is 3.08. The van der Waals surface area contributed by atoms with Gasteiger partial charge in [-0.25, -0.2) is 4.79 Å². The van der Waals surface area contributed by atoms with Crippen LogP contribution in [0.5, 0.6) is 0 Å². The maximum absolute atomic E-state index is 12.2. The predicted octanol–water partition coefficient (Wildman–Crippen LogP) is 3.50. The molecule has 0 spiro atoms. The molecule has 104 valence electrons. The van der Waals surface area contributed by atoms with Gasteiger partial charge in [0.25, 0.3) is 5.91 Å². The fourth-order valence-electron chi connectivity index (χ4n) is 1.69. The van der Waals surface area contributed by atoms with Gasteiger partial charge >= 0.3 is 5.97 Å². The van der Waals surface area contributed by atoms with E-state index in [1.165, 1.54) is 12.1 Å². The normalized spacial score (nSPS) is 10.3. The smallest absolute Gasteiger partial charge is 0.335 e. The van der Waals surface area contributed by atoms with Crippen LogP contribution in [-0.2, 0) is 7.05 Å². The molecule has 0 fully saturated rings. The highest BCUT2D eigenvalue weighted by Gasteiger charge is 2.14. The lowest BCUT2D eigenvalue weighted by Gasteiger charge is -2.09. The summed E-state index contributed by atoms with van der Waals surface area (Å²) >= 11 is 6.57. The van der Waals surface area contributed by atoms with Crippen molar-refractivity contribution >= 4 is 49.4 Å². The van der Waals surface area contributed by atoms with Crippen LogP contribution in [0.2, 0.25) is 0 Å². The predicted molar refractivity (Wildman–Crippen MR) is 82.2 cm³/mol. The van der Waals surface area contributed by atoms with E-state index in [1.807, 2.05) is 0 Å². The van der Waals surface area contributed by atoms with E-state index in [1.54, 1.807) is 29.9 Å². The van der Waals surface area contributed by atoms with Crippen LogP contribution >= 0.6 is 31.9 Å². The molecule has 0 radical (unpaired) electrons. The van der Waals surface area contributed by atoms with E-state index < -0.39 is 5.97 Å². The first kappa shape index (κ1) is 14.8. The van der Waals surface area contributed by atoms with E-state index in [9.17, 15) is 9.59 Å². The number of benzene rings is 1. The van der Waals surface area contributed by atoms with Crippen molar-refractivity contribution in [3.63, 3.8) is 0 Å². The molecule has 1 aromatic carbocycles. The molecule has 0 saturated heterocycles. The molecular formula is C13H10Br2N2O3. The molecule has 1 amide bonds. The number of carbonyl (C=O) groups excluding carboxylic acids is 1. The van der Waals surface area contributed by atoms with Crippen molar-refractivity contribution in [1.29, 1.82) is 0 Å². The molecule has 0 aliphatic heterocycles. The van der Waals surface area contributed by atoms with Crippen LogP contribution in [-0.4, -0.2) is 21.6 Å². The molecule has 0 bridgehead atoms. The van der Waals surface area contributed by atoms with Gasteiger partial charge in [0.1, 0.15) is 5.69 Å². The number of nitrogens with one attached hydrogen (secondary N) is 1. The van der Waals surface area contributed by atoms with Gasteiger partial charge in [-0.3, -0.25) is 4.79 Å². The van der Waals surface area contributed by atoms with Gasteiger partial charge in [-0.1, -0.05) is 0 Å². The lowest BCUT2D eigenvalue weighted by Crippen LogP contribution is -2.16. The topological polar surface area (TPSA) is 71.3 Å². The molecule has 0 atom stereocenters. The number of rotatable bonds is 3. The Labute approximate surface area is 131 Å². The number of nitrogens with zero attached hydrogens (tertiary/aromatic N) is 1. The number of aryl methyl sites for hydroxylation is 1. The zero-order chi connectivity index (χ0) is 14.9. The largest absolute Gasteiger partial charge is 0.478 e. The summed E-state index contributed by atoms with van der Waals surface area (Å²) in [6.07, 6.45) is 1.76. The second-order valence-corrected chi connectivity index (χ2v) is 5.88. The summed E-state index contributed by atoms with van der Waals surface area (Å²) in [4.78, 5) is 23.1. The van der Waals surface area contributed by atoms with Gasteiger partial charge in [0, 0.05) is 22.2 Å². The molecule has 1 aromatic heterocycles. The second-order valence-electron chi connectivity index (χ2n) is 4.11. The van der Waals surface area contributed by atoms with Crippen molar-refractivity contribution in [3.8, 4) is 0 Å². The molecule has 2 N–H and O–H groups in total. The van der Waals surface area contributed by atoms with Gasteiger partial charge in [0.2, 0.25) is 0 Å². The molecule has 2 aromatic rings. The standard InChI is InChI=1S/C13H10Br2N2O3/c1-17-6-8(14)5-11(17)12(18)16-10-4-7(13(19)20)2-3-9(10)15/h2-6H,1H3,(H,16,18)(H,19,20). The molecule has 5 nitrogen and oxygen atoms in total. The quantitative estimate of drug-likeness (QED) is 0.826. The third-order valence-electron chi connectivity index (χ3n) is 2.67. The van der Waals surface area contributed by atoms with Crippen LogP contribution < -0.4 is 5.32 Å². The summed E-state index contributed by atoms with van der Waals surface area (Å²) in [5.41, 5.74) is 0.980. The van der Waals surface area contributed by atoms with Gasteiger partial charge in [-0.2, -0.15) is 0 Å². The van der Waals surface area contributed by atoms with Crippen molar-refractivity contribution in [2.75, 3.05) is 5.32 Å². The minimum atomic E-state index is -1.05. The number of anilines is 1. The number of hydrogen-bond donors (Lipinski definition) is 2. The Hall–Kier alpha value is -1.60. The highest BCUT2D eigenvalue weighted by atomic mass is 79.9. The number of carbonyl (C=O) groups is 2. The highest BCUT2D eigenvalue weighted by molar-refractivity contribution is 9.10. The Morgan fingerprint density at radius 2 is 1.95 bits per heavy atom. The first-order valence-corrected chi connectivity index (χ1v) is 7.13. The Balaban J connectivity index is 2.30. The first-order valence-electron chi connectivity index (χ1n) is 5.54. The number of carboxylic acids is 1. The maximum Gasteiger partial charge on any atom is 0.335 e. The number of halogens is 2. The Morgan fingerprint density at radius 3 is 2.50 bits per heavy atom. The maximum atomic E-state index is 12.2. The van der Waals surface area contributed by atoms with Crippen LogP contribution in [0.25, 0.3) is 0 Å². The third kappa shape index (κ3) is 3.10. The SMILES string of the molecule is Cn1cc(Br)cc1C(=O)Nc1cc(C(=O)O)ccc1Br. The molecule has 1 heterocycles. The summed E-state index contributed by atoms with van der Waals surface area (Å²) in [6.45, 7) is 0. The van der Waals surface area contributed by atoms with Gasteiger partial charge in [-0.05, 0) is 56.1 Å². The van der Waals surface area contributed by atoms with Crippen molar-refractivity contribution in [2.24, 2.45) is 7.05 Å². The monoisotopic (exact) mass is 400 g/mol. The average molecular weight is 402 g/mol. The van der Waals surface area contributed by atoms with Crippen LogP contribution in [0, 0.1) is 0 Å². The van der Waals surface area contributed by atoms with Crippen LogP contribution in [0.4, 0.5) is 5.69 Å². The number of aromatic carboxylic acids is 1. The van der Waals surface area contributed by atoms with E-state index in [4.69, 9.17) is 5.11 Å². The summed E-state index contributed by atoms with van der Waals surface area (Å²) in [5.74, 6) is -1.36. The van der Waals surface area contributed by atoms with Crippen molar-refractivity contribution in [3.05, 3.63) is 50.7 Å². The van der Waals surface area contributed by atoms with E-state index in [0.717, 1.165) is 4.47 Å². The lowest BCUT2D eigenvalue weighted by atomic mass is 10.2. The molecule has 7 heteroatoms. The highest BCUT2D eigenvalue weighted by Crippen LogP contribution is 2.25. The fourth-order valence-corrected chi connectivity index (χ4v) is 2.56. The van der Waals surface area contributed by atoms with Gasteiger partial charge in [0.05, 0.1) is 11.3 Å². The van der Waals surface area contributed by atoms with Crippen LogP contribution in [0.15, 0.2) is 39.4 Å². The third-order valence-corrected chi connectivity index (χ3v) is 3.79. The lowest BCUT2D eigenvalue weighted by molar-refractivity contribution is 0.0696. The summed E-state index contributed by atoms with van der Waals surface area (Å²) in [7, 11) is 1.75. The molecule has 0 aliphatic carbocycles. The Kier molecular flexibility index (Phi) is 4.29. The van der Waals surface area contributed by atoms with E-state index in [0.29, 0.717) is 15.9 Å². The van der Waals surface area contributed by atoms with E-state index in [-0.39, 0.29) is 11.5 Å². The number of hydrogen-bond acceptors (Lipinski definition) is 2. The number of carboxylic acid groups (broad SMARTS) is 1. The summed E-state index contributed by atoms with van der Waals surface area (Å²) in [5, 5.41) is 11.6. The van der Waals surface area contributed by atoms with E-state index >= 15 is 0 Å². The van der Waals surface area contributed by atoms with Crippen molar-refractivity contribution < 1.29 is 14.7 Å². The van der Waals surface area contributed by atoms with Crippen molar-refractivity contribution in [1.82, 2.24) is 4.57 Å². The van der Waals surface area contributed by atoms with Gasteiger partial charge in [0.15, 0.2) is 0 Å². The first-order chi connectivity index (χ1) is 9.38. The minimum Gasteiger partial charge on any atom is -0.478 e. The summed E-state index contributed by atoms with van der Waals surface area (Å²) in [6, 6.07) is 6.13. The minimum absolute atomic E-state index is 0.108. The molecule has 0 unspecified atom stereocenters. The molecule has 0 saturated carbocycles. The average Bonchev–Trinajstić information content (AvgIpc) is 2.71. The van der Waals surface area contributed by atoms with Gasteiger partial charge < -0.3 is 15.0 Å². The molecule has 0 aliphatic rings. The fraction of sp³-hybridized carbons (Fsp3) is 0.0769.